The third-order valence-electron chi connectivity index (χ3n) is 5.12. The summed E-state index contributed by atoms with van der Waals surface area (Å²) in [5.74, 6) is 0.350. The van der Waals surface area contributed by atoms with Gasteiger partial charge in [-0.25, -0.2) is 8.42 Å². The van der Waals surface area contributed by atoms with Crippen LogP contribution in [0, 0.1) is 5.92 Å². The Hall–Kier alpha value is -1.44. The topological polar surface area (TPSA) is 69.7 Å². The summed E-state index contributed by atoms with van der Waals surface area (Å²) in [6.07, 6.45) is 1.97. The molecule has 3 rings (SSSR count). The fraction of sp³-hybridized carbons (Fsp3) is 0.611. The van der Waals surface area contributed by atoms with Gasteiger partial charge in [-0.1, -0.05) is 6.92 Å². The third kappa shape index (κ3) is 3.88. The maximum absolute atomic E-state index is 12.8. The molecule has 1 N–H and O–H groups in total. The summed E-state index contributed by atoms with van der Waals surface area (Å²) in [5.41, 5.74) is 0.541. The molecule has 2 fully saturated rings. The number of nitrogens with one attached hydrogen (secondary N) is 1. The van der Waals surface area contributed by atoms with Crippen LogP contribution in [-0.2, 0) is 10.0 Å². The maximum Gasteiger partial charge on any atom is 0.254 e. The van der Waals surface area contributed by atoms with Crippen molar-refractivity contribution < 1.29 is 13.2 Å². The molecule has 6 nitrogen and oxygen atoms in total. The van der Waals surface area contributed by atoms with E-state index in [0.29, 0.717) is 31.1 Å². The first-order chi connectivity index (χ1) is 11.9. The molecule has 2 atom stereocenters. The molecule has 138 valence electrons. The zero-order chi connectivity index (χ0) is 18.0. The molecule has 25 heavy (non-hydrogen) atoms. The van der Waals surface area contributed by atoms with Crippen LogP contribution < -0.4 is 5.32 Å². The van der Waals surface area contributed by atoms with E-state index >= 15 is 0 Å². The number of piperazine rings is 1. The van der Waals surface area contributed by atoms with Crippen LogP contribution >= 0.6 is 0 Å². The molecule has 0 aromatic heterocycles. The highest BCUT2D eigenvalue weighted by Gasteiger charge is 2.29. The number of amides is 1. The Kier molecular flexibility index (Phi) is 5.46. The van der Waals surface area contributed by atoms with Crippen molar-refractivity contribution in [2.45, 2.75) is 37.6 Å². The van der Waals surface area contributed by atoms with E-state index in [9.17, 15) is 13.2 Å². The smallest absolute Gasteiger partial charge is 0.254 e. The van der Waals surface area contributed by atoms with Gasteiger partial charge in [-0.3, -0.25) is 4.79 Å². The van der Waals surface area contributed by atoms with Crippen LogP contribution in [0.5, 0.6) is 0 Å². The van der Waals surface area contributed by atoms with E-state index in [4.69, 9.17) is 0 Å². The first kappa shape index (κ1) is 18.4. The quantitative estimate of drug-likeness (QED) is 0.882. The van der Waals surface area contributed by atoms with Gasteiger partial charge in [0.25, 0.3) is 5.91 Å². The Balaban J connectivity index is 1.76. The molecule has 2 aliphatic rings. The van der Waals surface area contributed by atoms with Crippen molar-refractivity contribution in [2.24, 2.45) is 5.92 Å². The summed E-state index contributed by atoms with van der Waals surface area (Å²) in [6.45, 7) is 7.48. The van der Waals surface area contributed by atoms with Gasteiger partial charge in [-0.15, -0.1) is 0 Å². The minimum absolute atomic E-state index is 0.0375. The average molecular weight is 365 g/mol. The molecule has 1 amide bonds. The number of sulfonamides is 1. The van der Waals surface area contributed by atoms with Crippen molar-refractivity contribution in [1.82, 2.24) is 14.5 Å². The average Bonchev–Trinajstić information content (AvgIpc) is 2.62. The molecule has 2 saturated heterocycles. The lowest BCUT2D eigenvalue weighted by atomic mass is 10.0. The van der Waals surface area contributed by atoms with Crippen molar-refractivity contribution in [3.63, 3.8) is 0 Å². The summed E-state index contributed by atoms with van der Waals surface area (Å²) in [6, 6.07) is 6.54. The van der Waals surface area contributed by atoms with Crippen molar-refractivity contribution >= 4 is 15.9 Å². The molecular weight excluding hydrogens is 338 g/mol. The molecule has 1 aromatic carbocycles. The molecule has 0 radical (unpaired) electrons. The minimum Gasteiger partial charge on any atom is -0.333 e. The van der Waals surface area contributed by atoms with Gasteiger partial charge in [0, 0.05) is 44.3 Å². The van der Waals surface area contributed by atoms with E-state index in [1.165, 1.54) is 0 Å². The fourth-order valence-corrected chi connectivity index (χ4v) is 5.19. The van der Waals surface area contributed by atoms with Crippen molar-refractivity contribution in [3.8, 4) is 0 Å². The van der Waals surface area contributed by atoms with Crippen molar-refractivity contribution in [3.05, 3.63) is 29.8 Å². The standard InChI is InChI=1S/C18H27N3O3S/c1-14-4-3-10-20(13-14)25(23,24)17-7-5-16(6-8-17)18(22)21-11-9-19-12-15(21)2/h5-8,14-15,19H,3-4,9-13H2,1-2H3/t14?,15-/m1/s1. The second-order valence-corrected chi connectivity index (χ2v) is 9.12. The summed E-state index contributed by atoms with van der Waals surface area (Å²) in [7, 11) is -3.47. The highest BCUT2D eigenvalue weighted by Crippen LogP contribution is 2.24. The maximum atomic E-state index is 12.8. The Morgan fingerprint density at radius 2 is 1.88 bits per heavy atom. The van der Waals surface area contributed by atoms with Crippen molar-refractivity contribution in [1.29, 1.82) is 0 Å². The molecule has 2 aliphatic heterocycles. The van der Waals surface area contributed by atoms with Crippen LogP contribution in [0.3, 0.4) is 0 Å². The number of carbonyl (C=O) groups is 1. The number of rotatable bonds is 3. The van der Waals surface area contributed by atoms with E-state index in [-0.39, 0.29) is 16.8 Å². The van der Waals surface area contributed by atoms with Crippen LogP contribution in [0.2, 0.25) is 0 Å². The molecule has 0 spiro atoms. The van der Waals surface area contributed by atoms with Crippen molar-refractivity contribution in [2.75, 3.05) is 32.7 Å². The minimum atomic E-state index is -3.47. The monoisotopic (exact) mass is 365 g/mol. The van der Waals surface area contributed by atoms with Crippen LogP contribution in [0.1, 0.15) is 37.0 Å². The second kappa shape index (κ2) is 7.43. The molecule has 0 saturated carbocycles. The number of carbonyl (C=O) groups excluding carboxylic acids is 1. The Bertz CT molecular complexity index is 718. The highest BCUT2D eigenvalue weighted by molar-refractivity contribution is 7.89. The first-order valence-electron chi connectivity index (χ1n) is 9.01. The van der Waals surface area contributed by atoms with Gasteiger partial charge in [0.05, 0.1) is 4.90 Å². The molecule has 2 heterocycles. The third-order valence-corrected chi connectivity index (χ3v) is 7.00. The Labute approximate surface area is 150 Å². The Morgan fingerprint density at radius 1 is 1.16 bits per heavy atom. The number of hydrogen-bond acceptors (Lipinski definition) is 4. The number of benzene rings is 1. The fourth-order valence-electron chi connectivity index (χ4n) is 3.59. The molecule has 1 unspecified atom stereocenters. The lowest BCUT2D eigenvalue weighted by Gasteiger charge is -2.34. The number of piperidine rings is 1. The van der Waals surface area contributed by atoms with Gasteiger partial charge >= 0.3 is 0 Å². The van der Waals surface area contributed by atoms with Gasteiger partial charge in [0.1, 0.15) is 0 Å². The van der Waals surface area contributed by atoms with E-state index in [1.807, 2.05) is 11.8 Å². The predicted molar refractivity (Wildman–Crippen MR) is 97.0 cm³/mol. The molecule has 7 heteroatoms. The zero-order valence-corrected chi connectivity index (χ0v) is 15.8. The van der Waals surface area contributed by atoms with Gasteiger partial charge in [-0.05, 0) is 49.9 Å². The predicted octanol–water partition coefficient (Wildman–Crippen LogP) is 1.54. The van der Waals surface area contributed by atoms with E-state index < -0.39 is 10.0 Å². The molecular formula is C18H27N3O3S. The van der Waals surface area contributed by atoms with E-state index in [1.54, 1.807) is 28.6 Å². The molecule has 0 aliphatic carbocycles. The second-order valence-electron chi connectivity index (χ2n) is 7.19. The van der Waals surface area contributed by atoms with Gasteiger partial charge < -0.3 is 10.2 Å². The van der Waals surface area contributed by atoms with Crippen LogP contribution in [0.25, 0.3) is 0 Å². The van der Waals surface area contributed by atoms with Crippen LogP contribution in [0.4, 0.5) is 0 Å². The van der Waals surface area contributed by atoms with Gasteiger partial charge in [0.15, 0.2) is 0 Å². The number of hydrogen-bond donors (Lipinski definition) is 1. The largest absolute Gasteiger partial charge is 0.333 e. The summed E-state index contributed by atoms with van der Waals surface area (Å²) < 4.78 is 27.1. The lowest BCUT2D eigenvalue weighted by Crippen LogP contribution is -2.52. The first-order valence-corrected chi connectivity index (χ1v) is 10.5. The van der Waals surface area contributed by atoms with E-state index in [2.05, 4.69) is 12.2 Å². The lowest BCUT2D eigenvalue weighted by molar-refractivity contribution is 0.0655. The van der Waals surface area contributed by atoms with Gasteiger partial charge in [0.2, 0.25) is 10.0 Å². The highest BCUT2D eigenvalue weighted by atomic mass is 32.2. The number of nitrogens with zero attached hydrogens (tertiary/aromatic N) is 2. The Morgan fingerprint density at radius 3 is 2.52 bits per heavy atom. The zero-order valence-electron chi connectivity index (χ0n) is 14.9. The normalized spacial score (nSPS) is 25.8. The summed E-state index contributed by atoms with van der Waals surface area (Å²) >= 11 is 0. The summed E-state index contributed by atoms with van der Waals surface area (Å²) in [4.78, 5) is 14.8. The SMILES string of the molecule is CC1CCCN(S(=O)(=O)c2ccc(C(=O)N3CCNC[C@H]3C)cc2)C1. The van der Waals surface area contributed by atoms with Gasteiger partial charge in [-0.2, -0.15) is 4.31 Å². The summed E-state index contributed by atoms with van der Waals surface area (Å²) in [5, 5.41) is 3.26. The van der Waals surface area contributed by atoms with E-state index in [0.717, 1.165) is 25.9 Å². The van der Waals surface area contributed by atoms with Crippen LogP contribution in [0.15, 0.2) is 29.2 Å². The van der Waals surface area contributed by atoms with Crippen LogP contribution in [-0.4, -0.2) is 62.3 Å². The molecule has 1 aromatic rings. The molecule has 0 bridgehead atoms.